The quantitative estimate of drug-likeness (QED) is 0.654. The number of pyridine rings is 1. The number of nitrogens with one attached hydrogen (secondary N) is 1. The summed E-state index contributed by atoms with van der Waals surface area (Å²) in [5.74, 6) is -0.244. The van der Waals surface area contributed by atoms with Crippen molar-refractivity contribution in [3.8, 4) is 0 Å². The summed E-state index contributed by atoms with van der Waals surface area (Å²) in [7, 11) is -3.70. The van der Waals surface area contributed by atoms with E-state index in [0.717, 1.165) is 10.9 Å². The number of halogens is 1. The molecule has 26 heavy (non-hydrogen) atoms. The van der Waals surface area contributed by atoms with E-state index in [1.54, 1.807) is 24.3 Å². The number of aromatic nitrogens is 1. The lowest BCUT2D eigenvalue weighted by Crippen LogP contribution is -2.26. The Hall–Kier alpha value is -2.48. The van der Waals surface area contributed by atoms with Crippen molar-refractivity contribution in [1.82, 2.24) is 10.3 Å². The van der Waals surface area contributed by atoms with Gasteiger partial charge in [0.05, 0.1) is 16.0 Å². The summed E-state index contributed by atoms with van der Waals surface area (Å²) in [6, 6.07) is 15.1. The summed E-state index contributed by atoms with van der Waals surface area (Å²) >= 11 is 6.00. The monoisotopic (exact) mass is 389 g/mol. The molecular weight excluding hydrogens is 374 g/mol. The summed E-state index contributed by atoms with van der Waals surface area (Å²) in [5, 5.41) is 8.90. The summed E-state index contributed by atoms with van der Waals surface area (Å²) in [5.41, 5.74) is 2.00. The third kappa shape index (κ3) is 4.19. The number of carbonyl (C=O) groups excluding carboxylic acids is 1. The molecule has 8 heteroatoms. The van der Waals surface area contributed by atoms with E-state index in [2.05, 4.69) is 10.3 Å². The number of sulfonamides is 1. The third-order valence-electron chi connectivity index (χ3n) is 3.88. The number of hydrogen-bond acceptors (Lipinski definition) is 4. The lowest BCUT2D eigenvalue weighted by atomic mass is 10.1. The molecule has 2 aromatic carbocycles. The van der Waals surface area contributed by atoms with Gasteiger partial charge in [0.1, 0.15) is 5.15 Å². The van der Waals surface area contributed by atoms with Crippen LogP contribution >= 0.6 is 11.6 Å². The second-order valence-corrected chi connectivity index (χ2v) is 7.65. The van der Waals surface area contributed by atoms with Crippen LogP contribution in [0.2, 0.25) is 5.15 Å². The summed E-state index contributed by atoms with van der Waals surface area (Å²) in [6.45, 7) is 0.391. The second kappa shape index (κ2) is 7.41. The first-order valence-corrected chi connectivity index (χ1v) is 9.72. The van der Waals surface area contributed by atoms with Crippen LogP contribution in [0.25, 0.3) is 10.9 Å². The molecule has 0 aliphatic carbocycles. The first-order chi connectivity index (χ1) is 12.3. The van der Waals surface area contributed by atoms with Gasteiger partial charge in [-0.3, -0.25) is 4.79 Å². The molecule has 0 radical (unpaired) electrons. The standard InChI is InChI=1S/C18H16ClN3O3S/c19-17-11-15(14-3-1-2-4-16(14)22-17)18(23)21-10-9-12-5-7-13(8-6-12)26(20,24)25/h1-8,11H,9-10H2,(H,21,23)(H2,20,24,25). The molecule has 0 unspecified atom stereocenters. The summed E-state index contributed by atoms with van der Waals surface area (Å²) < 4.78 is 22.5. The zero-order valence-corrected chi connectivity index (χ0v) is 15.2. The average molecular weight is 390 g/mol. The van der Waals surface area contributed by atoms with E-state index in [1.807, 2.05) is 18.2 Å². The predicted octanol–water partition coefficient (Wildman–Crippen LogP) is 2.51. The van der Waals surface area contributed by atoms with Crippen molar-refractivity contribution in [1.29, 1.82) is 0 Å². The van der Waals surface area contributed by atoms with Gasteiger partial charge in [0, 0.05) is 11.9 Å². The number of nitrogens with zero attached hydrogens (tertiary/aromatic N) is 1. The number of rotatable bonds is 5. The third-order valence-corrected chi connectivity index (χ3v) is 5.00. The van der Waals surface area contributed by atoms with Crippen molar-refractivity contribution >= 4 is 38.4 Å². The van der Waals surface area contributed by atoms with E-state index < -0.39 is 10.0 Å². The fourth-order valence-corrected chi connectivity index (χ4v) is 3.31. The largest absolute Gasteiger partial charge is 0.352 e. The maximum Gasteiger partial charge on any atom is 0.252 e. The smallest absolute Gasteiger partial charge is 0.252 e. The highest BCUT2D eigenvalue weighted by atomic mass is 35.5. The van der Waals surface area contributed by atoms with Crippen LogP contribution in [-0.4, -0.2) is 25.9 Å². The fourth-order valence-electron chi connectivity index (χ4n) is 2.59. The van der Waals surface area contributed by atoms with Crippen LogP contribution in [0.4, 0.5) is 0 Å². The van der Waals surface area contributed by atoms with Crippen LogP contribution < -0.4 is 10.5 Å². The molecule has 1 aromatic heterocycles. The molecule has 3 aromatic rings. The number of amides is 1. The first-order valence-electron chi connectivity index (χ1n) is 7.80. The number of benzene rings is 2. The Morgan fingerprint density at radius 2 is 1.81 bits per heavy atom. The molecule has 0 spiro atoms. The van der Waals surface area contributed by atoms with Crippen LogP contribution in [-0.2, 0) is 16.4 Å². The Labute approximate surface area is 156 Å². The second-order valence-electron chi connectivity index (χ2n) is 5.70. The number of carbonyl (C=O) groups is 1. The normalized spacial score (nSPS) is 11.5. The van der Waals surface area contributed by atoms with Gasteiger partial charge in [-0.2, -0.15) is 0 Å². The topological polar surface area (TPSA) is 102 Å². The highest BCUT2D eigenvalue weighted by Gasteiger charge is 2.12. The molecule has 0 saturated carbocycles. The maximum absolute atomic E-state index is 12.5. The maximum atomic E-state index is 12.5. The predicted molar refractivity (Wildman–Crippen MR) is 101 cm³/mol. The molecule has 134 valence electrons. The Morgan fingerprint density at radius 1 is 1.12 bits per heavy atom. The van der Waals surface area contributed by atoms with Crippen LogP contribution in [0.15, 0.2) is 59.5 Å². The molecule has 3 rings (SSSR count). The minimum Gasteiger partial charge on any atom is -0.352 e. The molecule has 0 aliphatic heterocycles. The molecule has 0 bridgehead atoms. The first kappa shape index (κ1) is 18.3. The van der Waals surface area contributed by atoms with Gasteiger partial charge in [0.2, 0.25) is 10.0 Å². The minimum atomic E-state index is -3.70. The molecular formula is C18H16ClN3O3S. The summed E-state index contributed by atoms with van der Waals surface area (Å²) in [4.78, 5) is 16.8. The number of primary sulfonamides is 1. The Bertz CT molecular complexity index is 1070. The number of nitrogens with two attached hydrogens (primary N) is 1. The van der Waals surface area contributed by atoms with Crippen LogP contribution in [0.1, 0.15) is 15.9 Å². The fraction of sp³-hybridized carbons (Fsp3) is 0.111. The molecule has 1 heterocycles. The molecule has 6 nitrogen and oxygen atoms in total. The van der Waals surface area contributed by atoms with Gasteiger partial charge in [-0.25, -0.2) is 18.5 Å². The van der Waals surface area contributed by atoms with E-state index >= 15 is 0 Å². The number of hydrogen-bond donors (Lipinski definition) is 2. The van der Waals surface area contributed by atoms with E-state index in [9.17, 15) is 13.2 Å². The minimum absolute atomic E-state index is 0.0585. The molecule has 0 atom stereocenters. The van der Waals surface area contributed by atoms with Crippen molar-refractivity contribution < 1.29 is 13.2 Å². The highest BCUT2D eigenvalue weighted by molar-refractivity contribution is 7.89. The average Bonchev–Trinajstić information content (AvgIpc) is 2.60. The molecule has 0 aliphatic rings. The lowest BCUT2D eigenvalue weighted by molar-refractivity contribution is 0.0955. The summed E-state index contributed by atoms with van der Waals surface area (Å²) in [6.07, 6.45) is 0.549. The van der Waals surface area contributed by atoms with Gasteiger partial charge in [0.15, 0.2) is 0 Å². The van der Waals surface area contributed by atoms with Gasteiger partial charge >= 0.3 is 0 Å². The van der Waals surface area contributed by atoms with Gasteiger partial charge in [-0.05, 0) is 36.2 Å². The van der Waals surface area contributed by atoms with Crippen LogP contribution in [0.5, 0.6) is 0 Å². The van der Waals surface area contributed by atoms with Crippen molar-refractivity contribution in [2.75, 3.05) is 6.54 Å². The van der Waals surface area contributed by atoms with Crippen LogP contribution in [0.3, 0.4) is 0 Å². The van der Waals surface area contributed by atoms with Crippen molar-refractivity contribution in [3.05, 3.63) is 70.9 Å². The number of fused-ring (bicyclic) bond motifs is 1. The zero-order valence-electron chi connectivity index (χ0n) is 13.6. The van der Waals surface area contributed by atoms with Gasteiger partial charge in [0.25, 0.3) is 5.91 Å². The number of para-hydroxylation sites is 1. The lowest BCUT2D eigenvalue weighted by Gasteiger charge is -2.09. The van der Waals surface area contributed by atoms with E-state index in [1.165, 1.54) is 12.1 Å². The Morgan fingerprint density at radius 3 is 2.50 bits per heavy atom. The van der Waals surface area contributed by atoms with Gasteiger partial charge in [-0.1, -0.05) is 41.9 Å². The van der Waals surface area contributed by atoms with Gasteiger partial charge < -0.3 is 5.32 Å². The highest BCUT2D eigenvalue weighted by Crippen LogP contribution is 2.20. The van der Waals surface area contributed by atoms with Crippen LogP contribution in [0, 0.1) is 0 Å². The van der Waals surface area contributed by atoms with Crippen molar-refractivity contribution in [2.24, 2.45) is 5.14 Å². The Balaban J connectivity index is 1.68. The molecule has 0 fully saturated rings. The Kier molecular flexibility index (Phi) is 5.22. The van der Waals surface area contributed by atoms with Crippen molar-refractivity contribution in [2.45, 2.75) is 11.3 Å². The van der Waals surface area contributed by atoms with E-state index in [4.69, 9.17) is 16.7 Å². The molecule has 3 N–H and O–H groups in total. The molecule has 0 saturated heterocycles. The van der Waals surface area contributed by atoms with Gasteiger partial charge in [-0.15, -0.1) is 0 Å². The van der Waals surface area contributed by atoms with Crippen molar-refractivity contribution in [3.63, 3.8) is 0 Å². The zero-order chi connectivity index (χ0) is 18.7. The van der Waals surface area contributed by atoms with E-state index in [0.29, 0.717) is 24.0 Å². The SMILES string of the molecule is NS(=O)(=O)c1ccc(CCNC(=O)c2cc(Cl)nc3ccccc23)cc1. The van der Waals surface area contributed by atoms with E-state index in [-0.39, 0.29) is 16.0 Å². The molecule has 1 amide bonds.